The highest BCUT2D eigenvalue weighted by Gasteiger charge is 2.25. The molecule has 0 saturated carbocycles. The number of sulfone groups is 1. The van der Waals surface area contributed by atoms with E-state index in [1.807, 2.05) is 27.7 Å². The third-order valence-electron chi connectivity index (χ3n) is 5.37. The highest BCUT2D eigenvalue weighted by atomic mass is 32.2. The van der Waals surface area contributed by atoms with E-state index in [9.17, 15) is 22.7 Å². The zero-order valence-electron chi connectivity index (χ0n) is 19.4. The van der Waals surface area contributed by atoms with E-state index in [2.05, 4.69) is 0 Å². The summed E-state index contributed by atoms with van der Waals surface area (Å²) in [6.07, 6.45) is -0.0648. The number of hydrogen-bond acceptors (Lipinski definition) is 4. The summed E-state index contributed by atoms with van der Waals surface area (Å²) in [6, 6.07) is 7.53. The van der Waals surface area contributed by atoms with Crippen LogP contribution < -0.4 is 0 Å². The number of benzene rings is 2. The largest absolute Gasteiger partial charge is 0.386 e. The maximum atomic E-state index is 14.1. The topological polar surface area (TPSA) is 71.4 Å². The van der Waals surface area contributed by atoms with E-state index < -0.39 is 27.0 Å². The second-order valence-corrected chi connectivity index (χ2v) is 11.4. The van der Waals surface area contributed by atoms with Gasteiger partial charge in [-0.05, 0) is 84.7 Å². The minimum absolute atomic E-state index is 0.00118. The summed E-state index contributed by atoms with van der Waals surface area (Å²) in [5.74, 6) is -1.44. The number of aryl methyl sites for hydroxylation is 1. The second-order valence-electron chi connectivity index (χ2n) is 9.44. The average molecular weight is 449 g/mol. The van der Waals surface area contributed by atoms with Gasteiger partial charge in [0.1, 0.15) is 11.6 Å². The van der Waals surface area contributed by atoms with Gasteiger partial charge < -0.3 is 5.11 Å². The van der Waals surface area contributed by atoms with Crippen LogP contribution in [0.2, 0.25) is 0 Å². The predicted molar refractivity (Wildman–Crippen MR) is 122 cm³/mol. The molecular weight excluding hydrogens is 415 g/mol. The number of aliphatic hydroxyl groups is 1. The predicted octanol–water partition coefficient (Wildman–Crippen LogP) is 5.19. The lowest BCUT2D eigenvalue weighted by molar-refractivity contribution is -0.116. The van der Waals surface area contributed by atoms with Gasteiger partial charge in [-0.3, -0.25) is 4.79 Å². The molecule has 0 aromatic heterocycles. The highest BCUT2D eigenvalue weighted by Crippen LogP contribution is 2.30. The van der Waals surface area contributed by atoms with Crippen molar-refractivity contribution < 1.29 is 22.7 Å². The van der Waals surface area contributed by atoms with E-state index in [1.165, 1.54) is 24.3 Å². The first-order chi connectivity index (χ1) is 14.1. The standard InChI is InChI=1S/C25H33FO4S/c1-15(2)22-11-19(26)12-23(16(3)4)24(22)13-20(27)14-31(29,30)21-9-17(5)8-18(10-21)25(6,7)28/h8-12,15-16,28H,13-14H2,1-7H3. The Labute approximate surface area is 185 Å². The lowest BCUT2D eigenvalue weighted by Crippen LogP contribution is -2.21. The van der Waals surface area contributed by atoms with Crippen LogP contribution in [0.15, 0.2) is 35.2 Å². The smallest absolute Gasteiger partial charge is 0.185 e. The van der Waals surface area contributed by atoms with Crippen molar-refractivity contribution in [2.24, 2.45) is 0 Å². The quantitative estimate of drug-likeness (QED) is 0.603. The maximum absolute atomic E-state index is 14.1. The van der Waals surface area contributed by atoms with Crippen molar-refractivity contribution in [2.75, 3.05) is 5.75 Å². The molecule has 0 radical (unpaired) electrons. The monoisotopic (exact) mass is 448 g/mol. The molecule has 0 bridgehead atoms. The Balaban J connectivity index is 2.40. The van der Waals surface area contributed by atoms with Crippen LogP contribution in [0.5, 0.6) is 0 Å². The fourth-order valence-electron chi connectivity index (χ4n) is 3.74. The molecule has 0 unspecified atom stereocenters. The molecule has 6 heteroatoms. The van der Waals surface area contributed by atoms with Crippen LogP contribution >= 0.6 is 0 Å². The van der Waals surface area contributed by atoms with Crippen LogP contribution in [-0.2, 0) is 26.7 Å². The molecule has 2 aromatic carbocycles. The van der Waals surface area contributed by atoms with Crippen molar-refractivity contribution in [2.45, 2.75) is 77.2 Å². The minimum atomic E-state index is -3.89. The van der Waals surface area contributed by atoms with Crippen molar-refractivity contribution in [3.8, 4) is 0 Å². The summed E-state index contributed by atoms with van der Waals surface area (Å²) in [7, 11) is -3.89. The summed E-state index contributed by atoms with van der Waals surface area (Å²) in [5, 5.41) is 10.3. The van der Waals surface area contributed by atoms with Crippen LogP contribution in [0, 0.1) is 12.7 Å². The molecule has 0 aliphatic carbocycles. The van der Waals surface area contributed by atoms with Gasteiger partial charge in [-0.15, -0.1) is 0 Å². The van der Waals surface area contributed by atoms with Crippen LogP contribution in [0.3, 0.4) is 0 Å². The molecule has 0 aliphatic rings. The van der Waals surface area contributed by atoms with Gasteiger partial charge in [0, 0.05) is 6.42 Å². The number of Topliss-reactive ketones (excluding diaryl/α,β-unsaturated/α-hetero) is 1. The van der Waals surface area contributed by atoms with Crippen molar-refractivity contribution in [1.82, 2.24) is 0 Å². The first kappa shape index (κ1) is 25.2. The van der Waals surface area contributed by atoms with Gasteiger partial charge in [0.2, 0.25) is 0 Å². The van der Waals surface area contributed by atoms with Crippen LogP contribution in [0.25, 0.3) is 0 Å². The zero-order chi connectivity index (χ0) is 23.7. The molecule has 0 aliphatic heterocycles. The Morgan fingerprint density at radius 3 is 1.97 bits per heavy atom. The van der Waals surface area contributed by atoms with Crippen molar-refractivity contribution in [3.05, 3.63) is 64.0 Å². The number of carbonyl (C=O) groups excluding carboxylic acids is 1. The highest BCUT2D eigenvalue weighted by molar-refractivity contribution is 7.92. The second kappa shape index (κ2) is 9.21. The van der Waals surface area contributed by atoms with Crippen molar-refractivity contribution in [3.63, 3.8) is 0 Å². The lowest BCUT2D eigenvalue weighted by atomic mass is 9.86. The number of carbonyl (C=O) groups is 1. The Morgan fingerprint density at radius 1 is 1.00 bits per heavy atom. The van der Waals surface area contributed by atoms with Gasteiger partial charge in [-0.2, -0.15) is 0 Å². The first-order valence-corrected chi connectivity index (χ1v) is 12.2. The summed E-state index contributed by atoms with van der Waals surface area (Å²) in [6.45, 7) is 12.6. The number of hydrogen-bond donors (Lipinski definition) is 1. The number of halogens is 1. The van der Waals surface area contributed by atoms with Gasteiger partial charge >= 0.3 is 0 Å². The van der Waals surface area contributed by atoms with Gasteiger partial charge in [-0.1, -0.05) is 33.8 Å². The third kappa shape index (κ3) is 6.23. The molecule has 0 saturated heterocycles. The Kier molecular flexibility index (Phi) is 7.49. The van der Waals surface area contributed by atoms with Crippen LogP contribution in [0.1, 0.15) is 81.2 Å². The van der Waals surface area contributed by atoms with Gasteiger partial charge in [-0.25, -0.2) is 12.8 Å². The molecule has 0 amide bonds. The molecule has 4 nitrogen and oxygen atoms in total. The van der Waals surface area contributed by atoms with Gasteiger partial charge in [0.05, 0.1) is 10.5 Å². The lowest BCUT2D eigenvalue weighted by Gasteiger charge is -2.20. The average Bonchev–Trinajstić information content (AvgIpc) is 2.60. The molecular formula is C25H33FO4S. The van der Waals surface area contributed by atoms with Crippen molar-refractivity contribution in [1.29, 1.82) is 0 Å². The summed E-state index contributed by atoms with van der Waals surface area (Å²) >= 11 is 0. The molecule has 31 heavy (non-hydrogen) atoms. The minimum Gasteiger partial charge on any atom is -0.386 e. The first-order valence-electron chi connectivity index (χ1n) is 10.5. The molecule has 0 heterocycles. The zero-order valence-corrected chi connectivity index (χ0v) is 20.2. The van der Waals surface area contributed by atoms with E-state index >= 15 is 0 Å². The SMILES string of the molecule is Cc1cc(C(C)(C)O)cc(S(=O)(=O)CC(=O)Cc2c(C(C)C)cc(F)cc2C(C)C)c1. The van der Waals surface area contributed by atoms with E-state index in [-0.39, 0.29) is 29.0 Å². The third-order valence-corrected chi connectivity index (χ3v) is 7.03. The van der Waals surface area contributed by atoms with Gasteiger partial charge in [0.15, 0.2) is 15.6 Å². The molecule has 0 atom stereocenters. The Morgan fingerprint density at radius 2 is 1.52 bits per heavy atom. The van der Waals surface area contributed by atoms with Crippen LogP contribution in [-0.4, -0.2) is 25.1 Å². The Hall–Kier alpha value is -2.05. The normalized spacial score (nSPS) is 12.6. The summed E-state index contributed by atoms with van der Waals surface area (Å²) in [4.78, 5) is 12.9. The maximum Gasteiger partial charge on any atom is 0.185 e. The van der Waals surface area contributed by atoms with Crippen molar-refractivity contribution >= 4 is 15.6 Å². The molecule has 2 aromatic rings. The summed E-state index contributed by atoms with van der Waals surface area (Å²) in [5.41, 5.74) is 2.14. The molecule has 1 N–H and O–H groups in total. The molecule has 0 fully saturated rings. The van der Waals surface area contributed by atoms with Gasteiger partial charge in [0.25, 0.3) is 0 Å². The molecule has 170 valence electrons. The number of ketones is 1. The van der Waals surface area contributed by atoms with Crippen LogP contribution in [0.4, 0.5) is 4.39 Å². The molecule has 2 rings (SSSR count). The Bertz CT molecular complexity index is 1050. The number of rotatable bonds is 8. The van der Waals surface area contributed by atoms with E-state index in [0.717, 1.165) is 11.1 Å². The summed E-state index contributed by atoms with van der Waals surface area (Å²) < 4.78 is 40.1. The fraction of sp³-hybridized carbons (Fsp3) is 0.480. The van der Waals surface area contributed by atoms with E-state index in [1.54, 1.807) is 26.8 Å². The van der Waals surface area contributed by atoms with E-state index in [0.29, 0.717) is 16.7 Å². The fourth-order valence-corrected chi connectivity index (χ4v) is 5.10. The molecule has 0 spiro atoms. The van der Waals surface area contributed by atoms with E-state index in [4.69, 9.17) is 0 Å².